The second kappa shape index (κ2) is 8.86. The van der Waals surface area contributed by atoms with Gasteiger partial charge in [-0.05, 0) is 55.7 Å². The molecule has 2 aliphatic heterocycles. The van der Waals surface area contributed by atoms with Crippen LogP contribution in [0.15, 0.2) is 51.6 Å². The summed E-state index contributed by atoms with van der Waals surface area (Å²) in [6.07, 6.45) is 2.60. The van der Waals surface area contributed by atoms with Crippen molar-refractivity contribution >= 4 is 40.4 Å². The van der Waals surface area contributed by atoms with Gasteiger partial charge in [0.05, 0.1) is 30.3 Å². The van der Waals surface area contributed by atoms with Gasteiger partial charge in [-0.25, -0.2) is 9.79 Å². The van der Waals surface area contributed by atoms with Crippen molar-refractivity contribution in [3.05, 3.63) is 57.2 Å². The summed E-state index contributed by atoms with van der Waals surface area (Å²) >= 11 is 7.73. The molecule has 8 heteroatoms. The van der Waals surface area contributed by atoms with Crippen molar-refractivity contribution in [1.29, 1.82) is 0 Å². The number of aliphatic imine (C=N–C) groups is 1. The van der Waals surface area contributed by atoms with Gasteiger partial charge in [0.25, 0.3) is 0 Å². The zero-order valence-electron chi connectivity index (χ0n) is 17.0. The summed E-state index contributed by atoms with van der Waals surface area (Å²) in [7, 11) is 0. The first-order valence-corrected chi connectivity index (χ1v) is 11.4. The molecule has 1 N–H and O–H groups in total. The standard InChI is InChI=1S/C22H24ClN3O3S/c1-3-29-21(28)19-13(2)25-22-26(20(19)15-5-4-6-16(23)9-15)17(12-30-22)10-18(27)24-11-14-7-8-14/h4-6,9,12,14,20H,3,7-8,10-11H2,1-2H3,(H,24,27). The number of allylic oxidation sites excluding steroid dienone is 1. The fourth-order valence-corrected chi connectivity index (χ4v) is 4.80. The lowest BCUT2D eigenvalue weighted by Crippen LogP contribution is -2.38. The molecule has 0 aromatic heterocycles. The monoisotopic (exact) mass is 445 g/mol. The highest BCUT2D eigenvalue weighted by molar-refractivity contribution is 8.16. The second-order valence-corrected chi connectivity index (χ2v) is 8.87. The Balaban J connectivity index is 1.66. The number of benzene rings is 1. The quantitative estimate of drug-likeness (QED) is 0.630. The Labute approximate surface area is 185 Å². The normalized spacial score (nSPS) is 20.5. The Bertz CT molecular complexity index is 968. The summed E-state index contributed by atoms with van der Waals surface area (Å²) in [5, 5.41) is 6.28. The van der Waals surface area contributed by atoms with Gasteiger partial charge in [0.1, 0.15) is 0 Å². The number of rotatable bonds is 7. The second-order valence-electron chi connectivity index (χ2n) is 7.59. The molecule has 0 spiro atoms. The van der Waals surface area contributed by atoms with Crippen molar-refractivity contribution in [2.24, 2.45) is 10.9 Å². The number of amides is 1. The Kier molecular flexibility index (Phi) is 6.20. The van der Waals surface area contributed by atoms with Crippen molar-refractivity contribution in [3.63, 3.8) is 0 Å². The van der Waals surface area contributed by atoms with Crippen molar-refractivity contribution in [2.45, 2.75) is 39.2 Å². The maximum atomic E-state index is 12.9. The van der Waals surface area contributed by atoms with E-state index in [9.17, 15) is 9.59 Å². The van der Waals surface area contributed by atoms with Crippen LogP contribution >= 0.6 is 23.4 Å². The van der Waals surface area contributed by atoms with Gasteiger partial charge in [-0.3, -0.25) is 4.79 Å². The third-order valence-electron chi connectivity index (χ3n) is 5.29. The first-order valence-electron chi connectivity index (χ1n) is 10.1. The molecule has 3 aliphatic rings. The molecule has 1 atom stereocenters. The summed E-state index contributed by atoms with van der Waals surface area (Å²) in [5.74, 6) is 0.189. The number of carbonyl (C=O) groups is 2. The van der Waals surface area contributed by atoms with Gasteiger partial charge in [0, 0.05) is 17.3 Å². The number of ether oxygens (including phenoxy) is 1. The van der Waals surface area contributed by atoms with Gasteiger partial charge in [0.15, 0.2) is 5.17 Å². The number of nitrogens with one attached hydrogen (secondary N) is 1. The summed E-state index contributed by atoms with van der Waals surface area (Å²) in [4.78, 5) is 32.0. The predicted molar refractivity (Wildman–Crippen MR) is 119 cm³/mol. The number of esters is 1. The maximum absolute atomic E-state index is 12.9. The van der Waals surface area contributed by atoms with Gasteiger partial charge in [-0.2, -0.15) is 0 Å². The lowest BCUT2D eigenvalue weighted by molar-refractivity contribution is -0.139. The molecule has 4 rings (SSSR count). The van der Waals surface area contributed by atoms with E-state index in [0.29, 0.717) is 22.2 Å². The van der Waals surface area contributed by atoms with Crippen molar-refractivity contribution in [1.82, 2.24) is 10.2 Å². The Morgan fingerprint density at radius 1 is 1.37 bits per heavy atom. The van der Waals surface area contributed by atoms with Crippen LogP contribution in [0.25, 0.3) is 0 Å². The molecule has 1 unspecified atom stereocenters. The molecule has 1 aromatic carbocycles. The molecule has 6 nitrogen and oxygen atoms in total. The average molecular weight is 446 g/mol. The van der Waals surface area contributed by atoms with Crippen molar-refractivity contribution in [2.75, 3.05) is 13.2 Å². The highest BCUT2D eigenvalue weighted by Gasteiger charge is 2.41. The lowest BCUT2D eigenvalue weighted by Gasteiger charge is -2.36. The van der Waals surface area contributed by atoms with Crippen LogP contribution in [0.3, 0.4) is 0 Å². The predicted octanol–water partition coefficient (Wildman–Crippen LogP) is 4.39. The molecule has 1 aliphatic carbocycles. The summed E-state index contributed by atoms with van der Waals surface area (Å²) in [5.41, 5.74) is 2.75. The fraction of sp³-hybridized carbons (Fsp3) is 0.409. The van der Waals surface area contributed by atoms with E-state index in [1.807, 2.05) is 35.4 Å². The van der Waals surface area contributed by atoms with Crippen LogP contribution in [-0.2, 0) is 14.3 Å². The van der Waals surface area contributed by atoms with Crippen molar-refractivity contribution in [3.8, 4) is 0 Å². The molecule has 0 bridgehead atoms. The Hall–Kier alpha value is -2.25. The van der Waals surface area contributed by atoms with E-state index in [4.69, 9.17) is 16.3 Å². The Morgan fingerprint density at radius 3 is 2.87 bits per heavy atom. The molecule has 158 valence electrons. The van der Waals surface area contributed by atoms with Gasteiger partial charge in [0.2, 0.25) is 5.91 Å². The number of fused-ring (bicyclic) bond motifs is 1. The van der Waals surface area contributed by atoms with E-state index in [1.54, 1.807) is 13.0 Å². The lowest BCUT2D eigenvalue weighted by atomic mass is 9.94. The number of hydrogen-bond donors (Lipinski definition) is 1. The Morgan fingerprint density at radius 2 is 2.17 bits per heavy atom. The molecule has 0 saturated heterocycles. The molecular weight excluding hydrogens is 422 g/mol. The first-order chi connectivity index (χ1) is 14.5. The van der Waals surface area contributed by atoms with Crippen LogP contribution in [0.2, 0.25) is 5.02 Å². The summed E-state index contributed by atoms with van der Waals surface area (Å²) in [6.45, 7) is 4.59. The first kappa shape index (κ1) is 21.0. The molecule has 1 fully saturated rings. The molecule has 1 saturated carbocycles. The van der Waals surface area contributed by atoms with Crippen LogP contribution in [0, 0.1) is 5.92 Å². The molecule has 30 heavy (non-hydrogen) atoms. The number of carbonyl (C=O) groups excluding carboxylic acids is 2. The van der Waals surface area contributed by atoms with Crippen LogP contribution in [-0.4, -0.2) is 35.1 Å². The minimum Gasteiger partial charge on any atom is -0.463 e. The zero-order chi connectivity index (χ0) is 21.3. The highest BCUT2D eigenvalue weighted by Crippen LogP contribution is 2.45. The van der Waals surface area contributed by atoms with E-state index < -0.39 is 12.0 Å². The number of nitrogens with zero attached hydrogens (tertiary/aromatic N) is 2. The number of amidine groups is 1. The van der Waals surface area contributed by atoms with E-state index in [1.165, 1.54) is 24.6 Å². The summed E-state index contributed by atoms with van der Waals surface area (Å²) in [6, 6.07) is 6.98. The molecule has 0 radical (unpaired) electrons. The number of thioether (sulfide) groups is 1. The number of hydrogen-bond acceptors (Lipinski definition) is 6. The van der Waals surface area contributed by atoms with Crippen LogP contribution in [0.4, 0.5) is 0 Å². The molecule has 1 aromatic rings. The zero-order valence-corrected chi connectivity index (χ0v) is 18.6. The van der Waals surface area contributed by atoms with Crippen LogP contribution in [0.1, 0.15) is 44.7 Å². The fourth-order valence-electron chi connectivity index (χ4n) is 3.64. The topological polar surface area (TPSA) is 71.0 Å². The third-order valence-corrected chi connectivity index (χ3v) is 6.41. The summed E-state index contributed by atoms with van der Waals surface area (Å²) < 4.78 is 5.34. The number of halogens is 1. The largest absolute Gasteiger partial charge is 0.463 e. The van der Waals surface area contributed by atoms with Crippen molar-refractivity contribution < 1.29 is 14.3 Å². The van der Waals surface area contributed by atoms with Gasteiger partial charge >= 0.3 is 5.97 Å². The minimum atomic E-state index is -0.451. The van der Waals surface area contributed by atoms with Gasteiger partial charge in [-0.1, -0.05) is 35.5 Å². The molecular formula is C22H24ClN3O3S. The smallest absolute Gasteiger partial charge is 0.338 e. The van der Waals surface area contributed by atoms with Crippen LogP contribution < -0.4 is 5.32 Å². The molecule has 1 amide bonds. The molecule has 2 heterocycles. The third kappa shape index (κ3) is 4.42. The minimum absolute atomic E-state index is 0.0243. The van der Waals surface area contributed by atoms with E-state index in [0.717, 1.165) is 23.0 Å². The van der Waals surface area contributed by atoms with E-state index in [-0.39, 0.29) is 18.9 Å². The van der Waals surface area contributed by atoms with E-state index in [2.05, 4.69) is 10.3 Å². The SMILES string of the molecule is CCOC(=O)C1=C(C)N=C2SC=C(CC(=O)NCC3CC3)N2C1c1cccc(Cl)c1. The van der Waals surface area contributed by atoms with E-state index >= 15 is 0 Å². The highest BCUT2D eigenvalue weighted by atomic mass is 35.5. The van der Waals surface area contributed by atoms with Crippen LogP contribution in [0.5, 0.6) is 0 Å². The maximum Gasteiger partial charge on any atom is 0.338 e. The average Bonchev–Trinajstić information content (AvgIpc) is 3.46. The van der Waals surface area contributed by atoms with Gasteiger partial charge in [-0.15, -0.1) is 0 Å². The van der Waals surface area contributed by atoms with Gasteiger partial charge < -0.3 is 15.0 Å².